The number of ether oxygens (including phenoxy) is 1. The largest absolute Gasteiger partial charge is 0.388 e. The van der Waals surface area contributed by atoms with E-state index in [1.807, 2.05) is 0 Å². The molecule has 8 nitrogen and oxygen atoms in total. The summed E-state index contributed by atoms with van der Waals surface area (Å²) in [5.74, 6) is 0.994. The molecule has 0 saturated carbocycles. The van der Waals surface area contributed by atoms with Gasteiger partial charge in [-0.3, -0.25) is 4.57 Å². The van der Waals surface area contributed by atoms with Gasteiger partial charge in [0.15, 0.2) is 17.7 Å². The van der Waals surface area contributed by atoms with Crippen LogP contribution in [0.5, 0.6) is 0 Å². The highest BCUT2D eigenvalue weighted by Gasteiger charge is 2.37. The molecule has 8 heteroatoms. The van der Waals surface area contributed by atoms with Crippen molar-refractivity contribution in [1.82, 2.24) is 19.5 Å². The molecule has 1 aliphatic heterocycles. The van der Waals surface area contributed by atoms with E-state index in [1.165, 1.54) is 19.2 Å². The number of aromatic nitrogens is 4. The molecule has 3 rings (SSSR count). The second-order valence-corrected chi connectivity index (χ2v) is 5.94. The third-order valence-corrected chi connectivity index (χ3v) is 4.15. The number of aliphatic hydroxyl groups is 2. The second kappa shape index (κ2) is 6.77. The molecule has 4 N–H and O–H groups in total. The van der Waals surface area contributed by atoms with Crippen LogP contribution in [0.1, 0.15) is 44.7 Å². The molecule has 126 valence electrons. The summed E-state index contributed by atoms with van der Waals surface area (Å²) in [6.07, 6.45) is 4.13. The first-order chi connectivity index (χ1) is 11.1. The predicted molar refractivity (Wildman–Crippen MR) is 84.6 cm³/mol. The summed E-state index contributed by atoms with van der Waals surface area (Å²) in [6, 6.07) is 0. The van der Waals surface area contributed by atoms with E-state index < -0.39 is 18.4 Å². The zero-order valence-corrected chi connectivity index (χ0v) is 13.2. The van der Waals surface area contributed by atoms with Crippen LogP contribution in [-0.4, -0.2) is 48.5 Å². The Hall–Kier alpha value is -1.77. The molecule has 3 atom stereocenters. The van der Waals surface area contributed by atoms with E-state index in [-0.39, 0.29) is 6.61 Å². The maximum absolute atomic E-state index is 10.0. The molecule has 3 heterocycles. The van der Waals surface area contributed by atoms with Crippen molar-refractivity contribution < 1.29 is 14.9 Å². The maximum Gasteiger partial charge on any atom is 0.167 e. The Morgan fingerprint density at radius 3 is 2.83 bits per heavy atom. The van der Waals surface area contributed by atoms with Crippen LogP contribution in [0.15, 0.2) is 6.33 Å². The van der Waals surface area contributed by atoms with Crippen molar-refractivity contribution in [3.63, 3.8) is 0 Å². The number of hydrogen-bond donors (Lipinski definition) is 3. The van der Waals surface area contributed by atoms with Crippen molar-refractivity contribution >= 4 is 17.0 Å². The fourth-order valence-electron chi connectivity index (χ4n) is 2.82. The van der Waals surface area contributed by atoms with Gasteiger partial charge in [-0.25, -0.2) is 15.0 Å². The van der Waals surface area contributed by atoms with Crippen molar-refractivity contribution in [1.29, 1.82) is 0 Å². The zero-order chi connectivity index (χ0) is 16.4. The van der Waals surface area contributed by atoms with Gasteiger partial charge in [-0.05, 0) is 6.42 Å². The lowest BCUT2D eigenvalue weighted by Gasteiger charge is -2.16. The molecule has 0 amide bonds. The summed E-state index contributed by atoms with van der Waals surface area (Å²) < 4.78 is 7.06. The van der Waals surface area contributed by atoms with E-state index in [0.29, 0.717) is 22.8 Å². The lowest BCUT2D eigenvalue weighted by atomic mass is 10.1. The van der Waals surface area contributed by atoms with Crippen LogP contribution in [0.25, 0.3) is 11.2 Å². The van der Waals surface area contributed by atoms with Crippen LogP contribution in [0, 0.1) is 0 Å². The minimum Gasteiger partial charge on any atom is -0.388 e. The van der Waals surface area contributed by atoms with Gasteiger partial charge >= 0.3 is 0 Å². The smallest absolute Gasteiger partial charge is 0.167 e. The van der Waals surface area contributed by atoms with Gasteiger partial charge in [0.05, 0.1) is 12.9 Å². The van der Waals surface area contributed by atoms with E-state index >= 15 is 0 Å². The van der Waals surface area contributed by atoms with Crippen LogP contribution in [0.2, 0.25) is 0 Å². The molecule has 0 bridgehead atoms. The van der Waals surface area contributed by atoms with Gasteiger partial charge in [0.25, 0.3) is 0 Å². The van der Waals surface area contributed by atoms with E-state index in [9.17, 15) is 10.2 Å². The number of rotatable bonds is 6. The highest BCUT2D eigenvalue weighted by Crippen LogP contribution is 2.28. The molecule has 1 unspecified atom stereocenters. The Balaban J connectivity index is 1.87. The maximum atomic E-state index is 10.0. The molecule has 0 radical (unpaired) electrons. The summed E-state index contributed by atoms with van der Waals surface area (Å²) in [4.78, 5) is 13.1. The van der Waals surface area contributed by atoms with Crippen LogP contribution in [0.3, 0.4) is 0 Å². The topological polar surface area (TPSA) is 119 Å². The fraction of sp³-hybridized carbons (Fsp3) is 0.667. The Kier molecular flexibility index (Phi) is 4.74. The number of nitrogens with two attached hydrogens (primary N) is 1. The van der Waals surface area contributed by atoms with Gasteiger partial charge < -0.3 is 20.7 Å². The molecule has 0 spiro atoms. The Bertz CT molecular complexity index is 674. The summed E-state index contributed by atoms with van der Waals surface area (Å²) in [5, 5.41) is 19.7. The molecule has 1 saturated heterocycles. The van der Waals surface area contributed by atoms with Crippen molar-refractivity contribution in [2.24, 2.45) is 0 Å². The quantitative estimate of drug-likeness (QED) is 0.673. The Labute approximate surface area is 134 Å². The number of anilines is 1. The molecule has 2 aromatic rings. The standard InChI is InChI=1S/C15H23N5O3/c1-2-3-4-5-6-10-18-13(16)11-14(19-10)20(8-17-11)15-12(22)9(21)7-23-15/h8-9,12,15,21-22H,2-7H2,1H3,(H2,16,18,19)/t9-,12?,15+/m0/s1. The molecule has 1 aliphatic rings. The van der Waals surface area contributed by atoms with Gasteiger partial charge in [0.2, 0.25) is 0 Å². The molecule has 23 heavy (non-hydrogen) atoms. The summed E-state index contributed by atoms with van der Waals surface area (Å²) in [5.41, 5.74) is 7.00. The first-order valence-electron chi connectivity index (χ1n) is 8.08. The van der Waals surface area contributed by atoms with Gasteiger partial charge in [-0.15, -0.1) is 0 Å². The van der Waals surface area contributed by atoms with Crippen molar-refractivity contribution in [3.8, 4) is 0 Å². The lowest BCUT2D eigenvalue weighted by molar-refractivity contribution is -0.0163. The number of unbranched alkanes of at least 4 members (excludes halogenated alkanes) is 3. The van der Waals surface area contributed by atoms with Crippen molar-refractivity contribution in [3.05, 3.63) is 12.2 Å². The van der Waals surface area contributed by atoms with E-state index in [0.717, 1.165) is 19.3 Å². The summed E-state index contributed by atoms with van der Waals surface area (Å²) in [6.45, 7) is 2.25. The first-order valence-corrected chi connectivity index (χ1v) is 8.08. The van der Waals surface area contributed by atoms with Crippen LogP contribution >= 0.6 is 0 Å². The third-order valence-electron chi connectivity index (χ3n) is 4.15. The highest BCUT2D eigenvalue weighted by atomic mass is 16.5. The SMILES string of the molecule is CCCCCCc1nc(N)c2ncn([C@@H]3OC[C@H](O)C3O)c2n1. The Morgan fingerprint density at radius 1 is 1.30 bits per heavy atom. The minimum absolute atomic E-state index is 0.0793. The van der Waals surface area contributed by atoms with Gasteiger partial charge in [-0.1, -0.05) is 26.2 Å². The van der Waals surface area contributed by atoms with Crippen LogP contribution < -0.4 is 5.73 Å². The average molecular weight is 321 g/mol. The Morgan fingerprint density at radius 2 is 2.13 bits per heavy atom. The molecule has 0 aromatic carbocycles. The lowest BCUT2D eigenvalue weighted by Crippen LogP contribution is -2.28. The fourth-order valence-corrected chi connectivity index (χ4v) is 2.82. The number of hydrogen-bond acceptors (Lipinski definition) is 7. The molecule has 1 fully saturated rings. The van der Waals surface area contributed by atoms with E-state index in [1.54, 1.807) is 4.57 Å². The van der Waals surface area contributed by atoms with E-state index in [2.05, 4.69) is 21.9 Å². The van der Waals surface area contributed by atoms with E-state index in [4.69, 9.17) is 10.5 Å². The summed E-state index contributed by atoms with van der Waals surface area (Å²) in [7, 11) is 0. The number of nitrogens with zero attached hydrogens (tertiary/aromatic N) is 4. The highest BCUT2D eigenvalue weighted by molar-refractivity contribution is 5.81. The monoisotopic (exact) mass is 321 g/mol. The number of fused-ring (bicyclic) bond motifs is 1. The summed E-state index contributed by atoms with van der Waals surface area (Å²) >= 11 is 0. The third kappa shape index (κ3) is 3.15. The van der Waals surface area contributed by atoms with Crippen molar-refractivity contribution in [2.75, 3.05) is 12.3 Å². The average Bonchev–Trinajstić information content (AvgIpc) is 3.09. The molecule has 0 aliphatic carbocycles. The number of aryl methyl sites for hydroxylation is 1. The number of imidazole rings is 1. The number of nitrogen functional groups attached to an aromatic ring is 1. The second-order valence-electron chi connectivity index (χ2n) is 5.94. The van der Waals surface area contributed by atoms with Crippen LogP contribution in [0.4, 0.5) is 5.82 Å². The minimum atomic E-state index is -1.02. The molecular formula is C15H23N5O3. The van der Waals surface area contributed by atoms with Gasteiger partial charge in [0.1, 0.15) is 23.5 Å². The zero-order valence-electron chi connectivity index (χ0n) is 13.2. The molecular weight excluding hydrogens is 298 g/mol. The molecule has 2 aromatic heterocycles. The first kappa shape index (κ1) is 16.1. The predicted octanol–water partition coefficient (Wildman–Crippen LogP) is 0.782. The van der Waals surface area contributed by atoms with Crippen molar-refractivity contribution in [2.45, 2.75) is 57.5 Å². The van der Waals surface area contributed by atoms with Gasteiger partial charge in [-0.2, -0.15) is 0 Å². The number of aliphatic hydroxyl groups excluding tert-OH is 2. The van der Waals surface area contributed by atoms with Gasteiger partial charge in [0, 0.05) is 6.42 Å². The van der Waals surface area contributed by atoms with Crippen LogP contribution in [-0.2, 0) is 11.2 Å². The normalized spacial score (nSPS) is 24.6.